The van der Waals surface area contributed by atoms with Gasteiger partial charge in [-0.3, -0.25) is 4.79 Å². The number of amides is 1. The Labute approximate surface area is 166 Å². The van der Waals surface area contributed by atoms with Crippen LogP contribution >= 0.6 is 23.4 Å². The van der Waals surface area contributed by atoms with Gasteiger partial charge in [-0.25, -0.2) is 4.68 Å². The summed E-state index contributed by atoms with van der Waals surface area (Å²) in [6.45, 7) is 2.02. The van der Waals surface area contributed by atoms with Crippen molar-refractivity contribution in [3.63, 3.8) is 0 Å². The van der Waals surface area contributed by atoms with Crippen LogP contribution in [0.4, 0.5) is 5.69 Å². The van der Waals surface area contributed by atoms with Crippen LogP contribution in [0.15, 0.2) is 59.8 Å². The Morgan fingerprint density at radius 1 is 1.19 bits per heavy atom. The molecular weight excluding hydrogens is 382 g/mol. The van der Waals surface area contributed by atoms with Gasteiger partial charge in [-0.05, 0) is 29.8 Å². The zero-order chi connectivity index (χ0) is 18.8. The van der Waals surface area contributed by atoms with E-state index in [-0.39, 0.29) is 11.9 Å². The van der Waals surface area contributed by atoms with Crippen LogP contribution in [0.3, 0.4) is 0 Å². The number of carbonyl (C=O) groups excluding carboxylic acids is 1. The van der Waals surface area contributed by atoms with Gasteiger partial charge in [0.15, 0.2) is 5.82 Å². The van der Waals surface area contributed by atoms with E-state index in [1.807, 2.05) is 66.2 Å². The Kier molecular flexibility index (Phi) is 5.05. The number of nitrogens with one attached hydrogen (secondary N) is 2. The molecule has 2 N–H and O–H groups in total. The molecule has 2 aromatic carbocycles. The quantitative estimate of drug-likeness (QED) is 0.696. The number of rotatable bonds is 4. The zero-order valence-corrected chi connectivity index (χ0v) is 16.2. The summed E-state index contributed by atoms with van der Waals surface area (Å²) in [6, 6.07) is 16.7. The number of halogens is 1. The number of benzene rings is 2. The van der Waals surface area contributed by atoms with Crippen LogP contribution < -0.4 is 10.7 Å². The van der Waals surface area contributed by atoms with Gasteiger partial charge in [0.2, 0.25) is 11.1 Å². The van der Waals surface area contributed by atoms with Crippen molar-refractivity contribution in [1.29, 1.82) is 0 Å². The van der Waals surface area contributed by atoms with Crippen molar-refractivity contribution in [1.82, 2.24) is 14.9 Å². The van der Waals surface area contributed by atoms with Crippen molar-refractivity contribution in [3.8, 4) is 0 Å². The van der Waals surface area contributed by atoms with Crippen LogP contribution in [0.25, 0.3) is 0 Å². The van der Waals surface area contributed by atoms with Crippen molar-refractivity contribution in [2.24, 2.45) is 0 Å². The molecular formula is C19H18ClN5OS. The monoisotopic (exact) mass is 399 g/mol. The van der Waals surface area contributed by atoms with E-state index in [9.17, 15) is 4.79 Å². The molecule has 3 aromatic rings. The molecule has 0 spiro atoms. The van der Waals surface area contributed by atoms with Gasteiger partial charge in [0, 0.05) is 17.1 Å². The molecule has 0 saturated heterocycles. The molecule has 4 rings (SSSR count). The number of thioether (sulfide) groups is 1. The van der Waals surface area contributed by atoms with E-state index in [1.165, 1.54) is 11.8 Å². The molecule has 0 fully saturated rings. The highest BCUT2D eigenvalue weighted by atomic mass is 35.5. The third-order valence-electron chi connectivity index (χ3n) is 4.35. The molecule has 1 amide bonds. The van der Waals surface area contributed by atoms with Crippen LogP contribution in [0, 0.1) is 0 Å². The van der Waals surface area contributed by atoms with Gasteiger partial charge in [0.25, 0.3) is 0 Å². The molecule has 1 aromatic heterocycles. The lowest BCUT2D eigenvalue weighted by Gasteiger charge is -2.33. The number of para-hydroxylation sites is 1. The number of anilines is 1. The van der Waals surface area contributed by atoms with Gasteiger partial charge < -0.3 is 10.7 Å². The summed E-state index contributed by atoms with van der Waals surface area (Å²) in [5, 5.41) is 12.4. The average molecular weight is 400 g/mol. The number of aromatic nitrogens is 3. The summed E-state index contributed by atoms with van der Waals surface area (Å²) in [7, 11) is 0. The number of aryl methyl sites for hydroxylation is 1. The molecule has 8 heteroatoms. The van der Waals surface area contributed by atoms with E-state index in [4.69, 9.17) is 11.6 Å². The summed E-state index contributed by atoms with van der Waals surface area (Å²) in [5.41, 5.74) is 5.15. The maximum absolute atomic E-state index is 13.0. The number of hydrogen-bond acceptors (Lipinski definition) is 5. The Morgan fingerprint density at radius 3 is 2.63 bits per heavy atom. The first-order valence-corrected chi connectivity index (χ1v) is 9.90. The van der Waals surface area contributed by atoms with E-state index in [0.717, 1.165) is 23.5 Å². The molecule has 1 aliphatic rings. The van der Waals surface area contributed by atoms with Gasteiger partial charge in [-0.1, -0.05) is 60.6 Å². The third-order valence-corrected chi connectivity index (χ3v) is 5.82. The predicted octanol–water partition coefficient (Wildman–Crippen LogP) is 3.89. The largest absolute Gasteiger partial charge is 0.325 e. The molecule has 0 saturated carbocycles. The highest BCUT2D eigenvalue weighted by molar-refractivity contribution is 8.00. The molecule has 6 nitrogen and oxygen atoms in total. The summed E-state index contributed by atoms with van der Waals surface area (Å²) >= 11 is 7.45. The van der Waals surface area contributed by atoms with Crippen LogP contribution in [-0.2, 0) is 11.2 Å². The fourth-order valence-corrected chi connectivity index (χ4v) is 4.21. The van der Waals surface area contributed by atoms with Crippen molar-refractivity contribution in [2.75, 3.05) is 10.7 Å². The first-order valence-electron chi connectivity index (χ1n) is 8.64. The van der Waals surface area contributed by atoms with Crippen molar-refractivity contribution < 1.29 is 4.79 Å². The number of fused-ring (bicyclic) bond motifs is 1. The number of nitrogens with zero attached hydrogens (tertiary/aromatic N) is 3. The Hall–Kier alpha value is -2.51. The fraction of sp³-hybridized carbons (Fsp3) is 0.211. The van der Waals surface area contributed by atoms with Crippen LogP contribution in [-0.4, -0.2) is 26.0 Å². The summed E-state index contributed by atoms with van der Waals surface area (Å²) < 4.78 is 1.87. The van der Waals surface area contributed by atoms with E-state index in [0.29, 0.717) is 10.2 Å². The van der Waals surface area contributed by atoms with E-state index >= 15 is 0 Å². The van der Waals surface area contributed by atoms with Gasteiger partial charge in [0.1, 0.15) is 5.25 Å². The smallest absolute Gasteiger partial charge is 0.240 e. The van der Waals surface area contributed by atoms with E-state index in [2.05, 4.69) is 20.9 Å². The molecule has 0 radical (unpaired) electrons. The summed E-state index contributed by atoms with van der Waals surface area (Å²) in [5.74, 6) is 0.740. The second kappa shape index (κ2) is 7.62. The van der Waals surface area contributed by atoms with Crippen LogP contribution in [0.2, 0.25) is 5.02 Å². The minimum absolute atomic E-state index is 0.0917. The Bertz CT molecular complexity index is 944. The molecule has 2 atom stereocenters. The Balaban J connectivity index is 1.67. The minimum Gasteiger partial charge on any atom is -0.325 e. The normalized spacial score (nSPS) is 18.4. The average Bonchev–Trinajstić information content (AvgIpc) is 3.10. The molecule has 0 unspecified atom stereocenters. The van der Waals surface area contributed by atoms with Crippen molar-refractivity contribution >= 4 is 35.0 Å². The summed E-state index contributed by atoms with van der Waals surface area (Å²) in [6.07, 6.45) is 0.745. The molecule has 1 aliphatic heterocycles. The molecule has 27 heavy (non-hydrogen) atoms. The second-order valence-electron chi connectivity index (χ2n) is 6.14. The maximum Gasteiger partial charge on any atom is 0.240 e. The molecule has 0 bridgehead atoms. The molecule has 0 aliphatic carbocycles. The maximum atomic E-state index is 13.0. The number of hydrogen-bond donors (Lipinski definition) is 2. The van der Waals surface area contributed by atoms with Gasteiger partial charge >= 0.3 is 0 Å². The highest BCUT2D eigenvalue weighted by Crippen LogP contribution is 2.37. The fourth-order valence-electron chi connectivity index (χ4n) is 2.98. The second-order valence-corrected chi connectivity index (χ2v) is 7.68. The van der Waals surface area contributed by atoms with E-state index in [1.54, 1.807) is 0 Å². The SMILES string of the molecule is CCc1nnc2n1N[C@@H](c1ccc(Cl)cc1)[C@H](C(=O)Nc1ccccc1)S2. The van der Waals surface area contributed by atoms with Crippen molar-refractivity contribution in [2.45, 2.75) is 29.8 Å². The van der Waals surface area contributed by atoms with E-state index < -0.39 is 5.25 Å². The lowest BCUT2D eigenvalue weighted by atomic mass is 10.0. The van der Waals surface area contributed by atoms with Gasteiger partial charge in [-0.2, -0.15) is 0 Å². The first kappa shape index (κ1) is 17.9. The summed E-state index contributed by atoms with van der Waals surface area (Å²) in [4.78, 5) is 13.0. The van der Waals surface area contributed by atoms with Gasteiger partial charge in [0.05, 0.1) is 6.04 Å². The van der Waals surface area contributed by atoms with Crippen LogP contribution in [0.5, 0.6) is 0 Å². The topological polar surface area (TPSA) is 71.8 Å². The predicted molar refractivity (Wildman–Crippen MR) is 108 cm³/mol. The lowest BCUT2D eigenvalue weighted by molar-refractivity contribution is -0.116. The van der Waals surface area contributed by atoms with Crippen molar-refractivity contribution in [3.05, 3.63) is 71.0 Å². The third kappa shape index (κ3) is 3.65. The molecule has 138 valence electrons. The Morgan fingerprint density at radius 2 is 1.93 bits per heavy atom. The van der Waals surface area contributed by atoms with Crippen LogP contribution in [0.1, 0.15) is 24.4 Å². The first-order chi connectivity index (χ1) is 13.2. The highest BCUT2D eigenvalue weighted by Gasteiger charge is 2.37. The number of carbonyl (C=O) groups is 1. The standard InChI is InChI=1S/C19H18ClN5OS/c1-2-15-22-23-19-25(15)24-16(12-8-10-13(20)11-9-12)17(27-19)18(26)21-14-6-4-3-5-7-14/h3-11,16-17,24H,2H2,1H3,(H,21,26)/t16-,17+/m0/s1. The zero-order valence-electron chi connectivity index (χ0n) is 14.6. The lowest BCUT2D eigenvalue weighted by Crippen LogP contribution is -2.41. The molecule has 2 heterocycles. The minimum atomic E-state index is -0.409. The van der Waals surface area contributed by atoms with Gasteiger partial charge in [-0.15, -0.1) is 10.2 Å².